The molecule has 34 heavy (non-hydrogen) atoms. The van der Waals surface area contributed by atoms with Gasteiger partial charge in [-0.3, -0.25) is 4.79 Å². The molecule has 9 nitrogen and oxygen atoms in total. The van der Waals surface area contributed by atoms with Crippen molar-refractivity contribution in [2.24, 2.45) is 0 Å². The van der Waals surface area contributed by atoms with Gasteiger partial charge in [-0.25, -0.2) is 18.3 Å². The van der Waals surface area contributed by atoms with Gasteiger partial charge in [-0.05, 0) is 29.8 Å². The van der Waals surface area contributed by atoms with Gasteiger partial charge in [0.2, 0.25) is 11.7 Å². The van der Waals surface area contributed by atoms with Gasteiger partial charge in [-0.2, -0.15) is 4.98 Å². The van der Waals surface area contributed by atoms with Crippen LogP contribution in [0.25, 0.3) is 28.5 Å². The van der Waals surface area contributed by atoms with E-state index in [9.17, 15) is 14.0 Å². The van der Waals surface area contributed by atoms with Crippen molar-refractivity contribution in [3.8, 4) is 22.8 Å². The molecule has 11 heteroatoms. The van der Waals surface area contributed by atoms with Crippen molar-refractivity contribution < 1.29 is 13.7 Å². The molecule has 0 unspecified atom stereocenters. The van der Waals surface area contributed by atoms with E-state index < -0.39 is 17.4 Å². The summed E-state index contributed by atoms with van der Waals surface area (Å²) < 4.78 is 21.0. The smallest absolute Gasteiger partial charge is 0.350 e. The molecule has 0 radical (unpaired) electrons. The summed E-state index contributed by atoms with van der Waals surface area (Å²) in [7, 11) is 0. The van der Waals surface area contributed by atoms with Gasteiger partial charge in [0.25, 0.3) is 5.89 Å². The summed E-state index contributed by atoms with van der Waals surface area (Å²) in [5, 5.41) is 10.9. The van der Waals surface area contributed by atoms with Crippen molar-refractivity contribution in [3.63, 3.8) is 0 Å². The van der Waals surface area contributed by atoms with E-state index in [1.807, 2.05) is 30.3 Å². The van der Waals surface area contributed by atoms with Crippen molar-refractivity contribution in [3.05, 3.63) is 93.7 Å². The molecule has 5 rings (SSSR count). The maximum atomic E-state index is 13.3. The fourth-order valence-electron chi connectivity index (χ4n) is 3.39. The Morgan fingerprint density at radius 1 is 1.12 bits per heavy atom. The molecule has 3 heterocycles. The molecule has 0 aliphatic heterocycles. The highest BCUT2D eigenvalue weighted by Gasteiger charge is 2.18. The number of fused-ring (bicyclic) bond motifs is 1. The Hall–Kier alpha value is -4.31. The second kappa shape index (κ2) is 8.91. The minimum Gasteiger partial charge on any atom is -0.350 e. The second-order valence-corrected chi connectivity index (χ2v) is 7.78. The third-order valence-corrected chi connectivity index (χ3v) is 5.35. The third-order valence-electron chi connectivity index (χ3n) is 5.06. The average molecular weight is 479 g/mol. The van der Waals surface area contributed by atoms with E-state index in [1.54, 1.807) is 12.1 Å². The molecule has 0 bridgehead atoms. The summed E-state index contributed by atoms with van der Waals surface area (Å²) in [6.45, 7) is -0.190. The Morgan fingerprint density at radius 2 is 1.94 bits per heavy atom. The monoisotopic (exact) mass is 478 g/mol. The number of pyridine rings is 1. The van der Waals surface area contributed by atoms with Crippen LogP contribution in [-0.2, 0) is 17.9 Å². The molecule has 0 aliphatic carbocycles. The molecule has 3 aromatic heterocycles. The molecule has 170 valence electrons. The van der Waals surface area contributed by atoms with Gasteiger partial charge in [0.1, 0.15) is 12.4 Å². The van der Waals surface area contributed by atoms with Crippen LogP contribution in [-0.4, -0.2) is 30.2 Å². The predicted octanol–water partition coefficient (Wildman–Crippen LogP) is 3.32. The second-order valence-electron chi connectivity index (χ2n) is 7.37. The zero-order valence-corrected chi connectivity index (χ0v) is 18.2. The highest BCUT2D eigenvalue weighted by atomic mass is 35.5. The van der Waals surface area contributed by atoms with Crippen LogP contribution in [0.15, 0.2) is 76.2 Å². The van der Waals surface area contributed by atoms with E-state index in [0.717, 1.165) is 10.2 Å². The Labute approximate surface area is 196 Å². The van der Waals surface area contributed by atoms with Crippen LogP contribution in [0.1, 0.15) is 5.56 Å². The quantitative estimate of drug-likeness (QED) is 0.401. The number of carbonyl (C=O) groups excluding carboxylic acids is 1. The molecule has 1 N–H and O–H groups in total. The number of aromatic nitrogens is 5. The van der Waals surface area contributed by atoms with E-state index in [2.05, 4.69) is 20.6 Å². The first-order valence-electron chi connectivity index (χ1n) is 10.2. The van der Waals surface area contributed by atoms with Crippen molar-refractivity contribution in [1.29, 1.82) is 0 Å². The third kappa shape index (κ3) is 4.18. The van der Waals surface area contributed by atoms with Crippen molar-refractivity contribution in [2.45, 2.75) is 13.1 Å². The van der Waals surface area contributed by atoms with Crippen LogP contribution in [0.3, 0.4) is 0 Å². The van der Waals surface area contributed by atoms with Crippen molar-refractivity contribution in [2.75, 3.05) is 0 Å². The zero-order chi connectivity index (χ0) is 23.7. The molecule has 0 saturated carbocycles. The lowest BCUT2D eigenvalue weighted by Crippen LogP contribution is -2.32. The molecular weight excluding hydrogens is 463 g/mol. The molecule has 0 aliphatic rings. The molecule has 0 fully saturated rings. The van der Waals surface area contributed by atoms with E-state index in [0.29, 0.717) is 17.0 Å². The topological polar surface area (TPSA) is 107 Å². The molecule has 1 amide bonds. The lowest BCUT2D eigenvalue weighted by molar-refractivity contribution is -0.122. The van der Waals surface area contributed by atoms with Gasteiger partial charge < -0.3 is 9.84 Å². The van der Waals surface area contributed by atoms with Gasteiger partial charge >= 0.3 is 5.69 Å². The van der Waals surface area contributed by atoms with Crippen LogP contribution in [0.4, 0.5) is 4.39 Å². The number of hydrogen-bond acceptors (Lipinski definition) is 6. The van der Waals surface area contributed by atoms with Gasteiger partial charge in [-0.15, -0.1) is 5.10 Å². The van der Waals surface area contributed by atoms with Gasteiger partial charge in [0.15, 0.2) is 5.65 Å². The van der Waals surface area contributed by atoms with E-state index in [1.165, 1.54) is 28.8 Å². The number of hydrogen-bond donors (Lipinski definition) is 1. The minimum absolute atomic E-state index is 0.0349. The number of amides is 1. The first-order valence-corrected chi connectivity index (χ1v) is 10.6. The van der Waals surface area contributed by atoms with Crippen LogP contribution < -0.4 is 11.0 Å². The summed E-state index contributed by atoms with van der Waals surface area (Å²) in [4.78, 5) is 29.6. The Bertz CT molecular complexity index is 1560. The SMILES string of the molecule is O=C(Cn1nc2c(-c3nc(-c4ccccc4)no3)cccn2c1=O)NCc1ccc(F)c(Cl)c1. The molecule has 0 spiro atoms. The summed E-state index contributed by atoms with van der Waals surface area (Å²) >= 11 is 5.76. The van der Waals surface area contributed by atoms with Crippen molar-refractivity contribution >= 4 is 23.2 Å². The zero-order valence-electron chi connectivity index (χ0n) is 17.5. The fourth-order valence-corrected chi connectivity index (χ4v) is 3.59. The molecular formula is C23H16ClFN6O3. The Morgan fingerprint density at radius 3 is 2.74 bits per heavy atom. The van der Waals surface area contributed by atoms with Crippen LogP contribution in [0.5, 0.6) is 0 Å². The first-order chi connectivity index (χ1) is 16.5. The summed E-state index contributed by atoms with van der Waals surface area (Å²) in [6, 6.07) is 16.8. The van der Waals surface area contributed by atoms with E-state index >= 15 is 0 Å². The molecule has 0 atom stereocenters. The molecule has 0 saturated heterocycles. The maximum absolute atomic E-state index is 13.3. The Balaban J connectivity index is 1.38. The van der Waals surface area contributed by atoms with Crippen LogP contribution in [0, 0.1) is 5.82 Å². The average Bonchev–Trinajstić information content (AvgIpc) is 3.46. The Kier molecular flexibility index (Phi) is 5.64. The van der Waals surface area contributed by atoms with Crippen LogP contribution >= 0.6 is 11.6 Å². The van der Waals surface area contributed by atoms with Crippen LogP contribution in [0.2, 0.25) is 5.02 Å². The summed E-state index contributed by atoms with van der Waals surface area (Å²) in [6.07, 6.45) is 1.54. The number of nitrogens with zero attached hydrogens (tertiary/aromatic N) is 5. The first kappa shape index (κ1) is 21.5. The summed E-state index contributed by atoms with van der Waals surface area (Å²) in [5.41, 5.74) is 1.63. The normalized spacial score (nSPS) is 11.1. The largest absolute Gasteiger partial charge is 0.350 e. The minimum atomic E-state index is -0.541. The summed E-state index contributed by atoms with van der Waals surface area (Å²) in [5.74, 6) is -0.392. The number of nitrogens with one attached hydrogen (secondary N) is 1. The van der Waals surface area contributed by atoms with E-state index in [-0.39, 0.29) is 29.7 Å². The fraction of sp³-hybridized carbons (Fsp3) is 0.0870. The molecule has 2 aromatic carbocycles. The van der Waals surface area contributed by atoms with E-state index in [4.69, 9.17) is 16.1 Å². The predicted molar refractivity (Wildman–Crippen MR) is 121 cm³/mol. The number of halogens is 2. The number of carbonyl (C=O) groups is 1. The lowest BCUT2D eigenvalue weighted by Gasteiger charge is -2.05. The van der Waals surface area contributed by atoms with Gasteiger partial charge in [-0.1, -0.05) is 53.2 Å². The van der Waals surface area contributed by atoms with Gasteiger partial charge in [0, 0.05) is 18.3 Å². The van der Waals surface area contributed by atoms with Crippen molar-refractivity contribution in [1.82, 2.24) is 29.6 Å². The number of rotatable bonds is 6. The molecule has 5 aromatic rings. The maximum Gasteiger partial charge on any atom is 0.350 e. The lowest BCUT2D eigenvalue weighted by atomic mass is 10.2. The highest BCUT2D eigenvalue weighted by molar-refractivity contribution is 6.30. The highest BCUT2D eigenvalue weighted by Crippen LogP contribution is 2.24. The van der Waals surface area contributed by atoms with Gasteiger partial charge in [0.05, 0.1) is 10.6 Å². The number of benzene rings is 2. The standard InChI is InChI=1S/C23H16ClFN6O3/c24-17-11-14(8-9-18(17)25)12-26-19(32)13-31-23(33)30-10-4-7-16(21(30)28-31)22-27-20(29-34-22)15-5-2-1-3-6-15/h1-11H,12-13H2,(H,26,32).